The van der Waals surface area contributed by atoms with E-state index in [1.165, 1.54) is 9.80 Å². The maximum Gasteiger partial charge on any atom is 0.0398 e. The van der Waals surface area contributed by atoms with Gasteiger partial charge in [-0.2, -0.15) is 0 Å². The summed E-state index contributed by atoms with van der Waals surface area (Å²) in [7, 11) is -1.97. The second kappa shape index (κ2) is 9.33. The number of allylic oxidation sites excluding steroid dienone is 2. The zero-order valence-corrected chi connectivity index (χ0v) is 19.9. The van der Waals surface area contributed by atoms with Crippen molar-refractivity contribution in [3.63, 3.8) is 0 Å². The molecule has 0 radical (unpaired) electrons. The van der Waals surface area contributed by atoms with Gasteiger partial charge in [-0.1, -0.05) is 96.6 Å². The van der Waals surface area contributed by atoms with Gasteiger partial charge in [0.1, 0.15) is 0 Å². The predicted octanol–water partition coefficient (Wildman–Crippen LogP) is 7.95. The molecule has 0 fully saturated rings. The van der Waals surface area contributed by atoms with Gasteiger partial charge in [-0.3, -0.25) is 0 Å². The molecule has 0 spiro atoms. The molecule has 1 unspecified atom stereocenters. The van der Waals surface area contributed by atoms with E-state index in [0.717, 1.165) is 32.7 Å². The summed E-state index contributed by atoms with van der Waals surface area (Å²) in [5.74, 6) is 8.54. The van der Waals surface area contributed by atoms with E-state index in [2.05, 4.69) is 102 Å². The van der Waals surface area contributed by atoms with Gasteiger partial charge < -0.3 is 0 Å². The first kappa shape index (κ1) is 22.2. The summed E-state index contributed by atoms with van der Waals surface area (Å²) in [5, 5.41) is 2.38. The zero-order chi connectivity index (χ0) is 24.3. The highest BCUT2D eigenvalue weighted by atomic mass is 32.3. The largest absolute Gasteiger partial charge is 0.136 e. The number of rotatable bonds is 4. The van der Waals surface area contributed by atoms with E-state index in [1.54, 1.807) is 0 Å². The molecule has 164 valence electrons. The Bertz CT molecular complexity index is 1550. The molecule has 1 atom stereocenters. The van der Waals surface area contributed by atoms with Crippen molar-refractivity contribution in [3.8, 4) is 37.0 Å². The quantitative estimate of drug-likeness (QED) is 0.270. The minimum absolute atomic E-state index is 0.688. The highest BCUT2D eigenvalue weighted by Gasteiger charge is 2.39. The van der Waals surface area contributed by atoms with E-state index in [-0.39, 0.29) is 0 Å². The average molecular weight is 463 g/mol. The Balaban J connectivity index is 1.95. The van der Waals surface area contributed by atoms with Crippen molar-refractivity contribution in [1.82, 2.24) is 0 Å². The van der Waals surface area contributed by atoms with Gasteiger partial charge in [0.15, 0.2) is 0 Å². The molecule has 4 aromatic carbocycles. The van der Waals surface area contributed by atoms with E-state index in [9.17, 15) is 0 Å². The van der Waals surface area contributed by atoms with Gasteiger partial charge >= 0.3 is 0 Å². The molecule has 0 amide bonds. The molecule has 1 heteroatoms. The first-order chi connectivity index (χ1) is 17.2. The van der Waals surface area contributed by atoms with Crippen LogP contribution in [0.2, 0.25) is 0 Å². The molecular formula is C34H22S. The topological polar surface area (TPSA) is 0 Å². The van der Waals surface area contributed by atoms with E-state index in [4.69, 9.17) is 19.3 Å². The fraction of sp³-hybridized carbons (Fsp3) is 0. The van der Waals surface area contributed by atoms with Crippen molar-refractivity contribution < 1.29 is 0 Å². The summed E-state index contributed by atoms with van der Waals surface area (Å²) < 4.78 is 0. The highest BCUT2D eigenvalue weighted by molar-refractivity contribution is 8.43. The van der Waals surface area contributed by atoms with Gasteiger partial charge in [-0.25, -0.2) is 0 Å². The molecule has 1 aliphatic heterocycles. The van der Waals surface area contributed by atoms with Gasteiger partial charge in [-0.05, 0) is 52.4 Å². The van der Waals surface area contributed by atoms with E-state index < -0.39 is 10.0 Å². The molecule has 0 bridgehead atoms. The lowest BCUT2D eigenvalue weighted by Crippen LogP contribution is -2.06. The van der Waals surface area contributed by atoms with Crippen LogP contribution in [0.4, 0.5) is 0 Å². The molecule has 0 saturated heterocycles. The highest BCUT2D eigenvalue weighted by Crippen LogP contribution is 2.77. The predicted molar refractivity (Wildman–Crippen MR) is 150 cm³/mol. The summed E-state index contributed by atoms with van der Waals surface area (Å²) >= 11 is 0. The zero-order valence-electron chi connectivity index (χ0n) is 19.1. The number of hydrogen-bond acceptors (Lipinski definition) is 0. The molecule has 4 aromatic rings. The van der Waals surface area contributed by atoms with Gasteiger partial charge in [-0.15, -0.1) is 29.3 Å². The van der Waals surface area contributed by atoms with Crippen LogP contribution in [-0.2, 0) is 0 Å². The summed E-state index contributed by atoms with van der Waals surface area (Å²) in [4.78, 5) is 3.35. The SMILES string of the molecule is C#Cc1cc(C#C)c(S2(c3ccccc3)C=C(c3ccccc3)C=C2c2ccccc2)c(C#C)c1. The van der Waals surface area contributed by atoms with Crippen LogP contribution >= 0.6 is 10.0 Å². The summed E-state index contributed by atoms with van der Waals surface area (Å²) in [6, 6.07) is 35.2. The monoisotopic (exact) mass is 462 g/mol. The summed E-state index contributed by atoms with van der Waals surface area (Å²) in [6.07, 6.45) is 20.3. The van der Waals surface area contributed by atoms with Crippen LogP contribution in [0.5, 0.6) is 0 Å². The van der Waals surface area contributed by atoms with Gasteiger partial charge in [0.25, 0.3) is 0 Å². The van der Waals surface area contributed by atoms with Gasteiger partial charge in [0.2, 0.25) is 0 Å². The van der Waals surface area contributed by atoms with Crippen molar-refractivity contribution in [3.05, 3.63) is 142 Å². The first-order valence-corrected chi connectivity index (χ1v) is 12.9. The third-order valence-electron chi connectivity index (χ3n) is 6.11. The molecule has 0 saturated carbocycles. The van der Waals surface area contributed by atoms with E-state index in [1.807, 2.05) is 30.3 Å². The lowest BCUT2D eigenvalue weighted by atomic mass is 10.1. The molecule has 0 aliphatic carbocycles. The Morgan fingerprint density at radius 2 is 1.09 bits per heavy atom. The van der Waals surface area contributed by atoms with Crippen molar-refractivity contribution in [1.29, 1.82) is 0 Å². The normalized spacial score (nSPS) is 18.2. The van der Waals surface area contributed by atoms with Crippen LogP contribution < -0.4 is 0 Å². The van der Waals surface area contributed by atoms with Crippen LogP contribution in [0.15, 0.2) is 124 Å². The maximum atomic E-state index is 6.12. The lowest BCUT2D eigenvalue weighted by Gasteiger charge is -2.40. The number of benzene rings is 4. The molecular weight excluding hydrogens is 440 g/mol. The fourth-order valence-corrected chi connectivity index (χ4v) is 8.58. The maximum absolute atomic E-state index is 6.12. The average Bonchev–Trinajstić information content (AvgIpc) is 3.35. The lowest BCUT2D eigenvalue weighted by molar-refractivity contribution is 1.32. The molecule has 35 heavy (non-hydrogen) atoms. The van der Waals surface area contributed by atoms with Crippen molar-refractivity contribution in [2.45, 2.75) is 9.79 Å². The molecule has 1 aliphatic rings. The Hall–Kier alpha value is -4.61. The minimum atomic E-state index is -1.97. The molecule has 0 aromatic heterocycles. The van der Waals surface area contributed by atoms with Crippen LogP contribution in [0, 0.1) is 37.0 Å². The molecule has 0 nitrogen and oxygen atoms in total. The molecule has 5 rings (SSSR count). The van der Waals surface area contributed by atoms with Crippen LogP contribution in [0.1, 0.15) is 27.8 Å². The third kappa shape index (κ3) is 3.78. The van der Waals surface area contributed by atoms with Crippen LogP contribution in [0.25, 0.3) is 10.5 Å². The first-order valence-electron chi connectivity index (χ1n) is 11.2. The number of hydrogen-bond donors (Lipinski definition) is 0. The Kier molecular flexibility index (Phi) is 5.92. The van der Waals surface area contributed by atoms with E-state index in [0.29, 0.717) is 5.56 Å². The van der Waals surface area contributed by atoms with Crippen molar-refractivity contribution >= 4 is 20.5 Å². The Morgan fingerprint density at radius 3 is 1.60 bits per heavy atom. The third-order valence-corrected chi connectivity index (χ3v) is 9.86. The second-order valence-electron chi connectivity index (χ2n) is 8.12. The van der Waals surface area contributed by atoms with E-state index >= 15 is 0 Å². The van der Waals surface area contributed by atoms with Gasteiger partial charge in [0, 0.05) is 31.4 Å². The smallest absolute Gasteiger partial charge is 0.0398 e. The Labute approximate surface area is 209 Å². The fourth-order valence-electron chi connectivity index (χ4n) is 4.57. The molecule has 0 N–H and O–H groups in total. The standard InChI is InChI=1S/C34H22S/c1-4-26-22-27(5-2)34(28(6-3)23-26)35(32-20-14-9-15-21-32)25-31(29-16-10-7-11-17-29)24-33(35)30-18-12-8-13-19-30/h1-3,7-25H. The second-order valence-corrected chi connectivity index (χ2v) is 11.0. The molecule has 1 heterocycles. The summed E-state index contributed by atoms with van der Waals surface area (Å²) in [5.41, 5.74) is 5.60. The van der Waals surface area contributed by atoms with Crippen molar-refractivity contribution in [2.24, 2.45) is 0 Å². The van der Waals surface area contributed by atoms with Crippen LogP contribution in [-0.4, -0.2) is 0 Å². The summed E-state index contributed by atoms with van der Waals surface area (Å²) in [6.45, 7) is 0. The van der Waals surface area contributed by atoms with Crippen LogP contribution in [0.3, 0.4) is 0 Å². The number of terminal acetylenes is 3. The van der Waals surface area contributed by atoms with Gasteiger partial charge in [0.05, 0.1) is 0 Å². The van der Waals surface area contributed by atoms with Crippen molar-refractivity contribution in [2.75, 3.05) is 0 Å². The Morgan fingerprint density at radius 1 is 0.571 bits per heavy atom. The minimum Gasteiger partial charge on any atom is -0.136 e.